The Labute approximate surface area is 197 Å². The van der Waals surface area contributed by atoms with Gasteiger partial charge < -0.3 is 10.1 Å². The van der Waals surface area contributed by atoms with Gasteiger partial charge in [-0.05, 0) is 24.3 Å². The number of amides is 1. The van der Waals surface area contributed by atoms with Gasteiger partial charge in [0.1, 0.15) is 5.02 Å². The molecule has 15 heteroatoms. The number of halogens is 5. The Morgan fingerprint density at radius 3 is 2.29 bits per heavy atom. The average Bonchev–Trinajstić information content (AvgIpc) is 2.75. The molecule has 0 radical (unpaired) electrons. The smallest absolute Gasteiger partial charge is 0.417 e. The summed E-state index contributed by atoms with van der Waals surface area (Å²) in [4.78, 5) is 36.7. The summed E-state index contributed by atoms with van der Waals surface area (Å²) in [6.07, 6.45) is -4.26. The highest BCUT2D eigenvalue weighted by Crippen LogP contribution is 2.38. The minimum Gasteiger partial charge on any atom is -0.430 e. The van der Waals surface area contributed by atoms with Crippen LogP contribution in [0.2, 0.25) is 10.0 Å². The molecule has 0 aliphatic carbocycles. The van der Waals surface area contributed by atoms with E-state index in [0.717, 1.165) is 30.3 Å². The lowest BCUT2D eigenvalue weighted by Crippen LogP contribution is -2.13. The van der Waals surface area contributed by atoms with Crippen LogP contribution in [-0.4, -0.2) is 20.7 Å². The summed E-state index contributed by atoms with van der Waals surface area (Å²) >= 11 is 11.7. The first-order valence-corrected chi connectivity index (χ1v) is 9.56. The number of nitrogens with one attached hydrogen (secondary N) is 1. The van der Waals surface area contributed by atoms with Gasteiger partial charge in [-0.2, -0.15) is 13.2 Å². The highest BCUT2D eigenvalue weighted by Gasteiger charge is 2.32. The number of pyridine rings is 1. The molecule has 0 spiro atoms. The number of nitro benzene ring substituents is 2. The monoisotopic (exact) mass is 516 g/mol. The molecule has 0 unspecified atom stereocenters. The fourth-order valence-corrected chi connectivity index (χ4v) is 2.99. The number of nitrogens with zero attached hydrogens (tertiary/aromatic N) is 3. The van der Waals surface area contributed by atoms with Gasteiger partial charge in [0.2, 0.25) is 11.6 Å². The molecule has 176 valence electrons. The SMILES string of the molecule is O=C(Nc1ccc(Oc2ncc(C(F)(F)F)cc2Cl)c([N+](=O)[O-])c1)c1cc([N+](=O)[O-])ccc1Cl. The molecular weight excluding hydrogens is 508 g/mol. The van der Waals surface area contributed by atoms with Crippen LogP contribution in [-0.2, 0) is 6.18 Å². The van der Waals surface area contributed by atoms with Gasteiger partial charge in [-0.1, -0.05) is 23.2 Å². The Morgan fingerprint density at radius 2 is 1.71 bits per heavy atom. The summed E-state index contributed by atoms with van der Waals surface area (Å²) in [7, 11) is 0. The van der Waals surface area contributed by atoms with E-state index in [4.69, 9.17) is 27.9 Å². The third-order valence-electron chi connectivity index (χ3n) is 4.16. The lowest BCUT2D eigenvalue weighted by molar-refractivity contribution is -0.385. The summed E-state index contributed by atoms with van der Waals surface area (Å²) in [5, 5.41) is 24.1. The molecule has 1 amide bonds. The summed E-state index contributed by atoms with van der Waals surface area (Å²) < 4.78 is 43.5. The second-order valence-electron chi connectivity index (χ2n) is 6.43. The molecule has 1 N–H and O–H groups in total. The highest BCUT2D eigenvalue weighted by molar-refractivity contribution is 6.34. The molecule has 0 fully saturated rings. The van der Waals surface area contributed by atoms with Crippen LogP contribution in [0.15, 0.2) is 48.7 Å². The number of nitro groups is 2. The first-order chi connectivity index (χ1) is 15.9. The van der Waals surface area contributed by atoms with Crippen LogP contribution in [0.5, 0.6) is 11.6 Å². The predicted molar refractivity (Wildman–Crippen MR) is 113 cm³/mol. The number of alkyl halides is 3. The van der Waals surface area contributed by atoms with E-state index in [-0.39, 0.29) is 16.3 Å². The lowest BCUT2D eigenvalue weighted by atomic mass is 10.1. The second kappa shape index (κ2) is 9.49. The van der Waals surface area contributed by atoms with Crippen molar-refractivity contribution in [3.05, 3.63) is 90.1 Å². The molecule has 10 nitrogen and oxygen atoms in total. The van der Waals surface area contributed by atoms with Gasteiger partial charge >= 0.3 is 11.9 Å². The standard InChI is InChI=1S/C19H9Cl2F3N4O6/c20-13-3-2-11(27(30)31)7-12(13)17(29)26-10-1-4-16(15(6-10)28(32)33)34-18-14(21)5-9(8-25-18)19(22,23)24/h1-8H,(H,26,29). The first kappa shape index (κ1) is 24.7. The molecule has 0 atom stereocenters. The average molecular weight is 517 g/mol. The van der Waals surface area contributed by atoms with Gasteiger partial charge in [-0.25, -0.2) is 4.98 Å². The van der Waals surface area contributed by atoms with Crippen molar-refractivity contribution in [2.24, 2.45) is 0 Å². The number of carbonyl (C=O) groups excluding carboxylic acids is 1. The Kier molecular flexibility index (Phi) is 6.88. The van der Waals surface area contributed by atoms with Crippen molar-refractivity contribution < 1.29 is 32.5 Å². The number of hydrogen-bond acceptors (Lipinski definition) is 7. The lowest BCUT2D eigenvalue weighted by Gasteiger charge is -2.11. The molecule has 2 aromatic carbocycles. The van der Waals surface area contributed by atoms with Crippen molar-refractivity contribution in [2.45, 2.75) is 6.18 Å². The third-order valence-corrected chi connectivity index (χ3v) is 4.76. The molecule has 1 heterocycles. The molecule has 0 bridgehead atoms. The predicted octanol–water partition coefficient (Wildman–Crippen LogP) is 6.27. The van der Waals surface area contributed by atoms with Gasteiger partial charge in [-0.3, -0.25) is 25.0 Å². The maximum atomic E-state index is 12.7. The van der Waals surface area contributed by atoms with Crippen LogP contribution in [0.4, 0.5) is 30.2 Å². The Hall–Kier alpha value is -3.97. The van der Waals surface area contributed by atoms with Crippen LogP contribution in [0.1, 0.15) is 15.9 Å². The van der Waals surface area contributed by atoms with Crippen molar-refractivity contribution in [1.29, 1.82) is 0 Å². The molecule has 1 aromatic heterocycles. The topological polar surface area (TPSA) is 138 Å². The molecule has 3 rings (SSSR count). The Bertz CT molecular complexity index is 1320. The van der Waals surface area contributed by atoms with E-state index in [1.807, 2.05) is 0 Å². The quantitative estimate of drug-likeness (QED) is 0.301. The van der Waals surface area contributed by atoms with Crippen molar-refractivity contribution in [1.82, 2.24) is 4.98 Å². The summed E-state index contributed by atoms with van der Waals surface area (Å²) in [6, 6.07) is 6.86. The molecule has 0 aliphatic heterocycles. The number of benzene rings is 2. The number of carbonyl (C=O) groups is 1. The van der Waals surface area contributed by atoms with Crippen molar-refractivity contribution in [3.8, 4) is 11.6 Å². The minimum absolute atomic E-state index is 0.0967. The largest absolute Gasteiger partial charge is 0.430 e. The number of aromatic nitrogens is 1. The van der Waals surface area contributed by atoms with Crippen LogP contribution in [0, 0.1) is 20.2 Å². The van der Waals surface area contributed by atoms with E-state index in [2.05, 4.69) is 10.3 Å². The maximum absolute atomic E-state index is 12.7. The van der Waals surface area contributed by atoms with Crippen molar-refractivity contribution >= 4 is 46.2 Å². The zero-order valence-corrected chi connectivity index (χ0v) is 17.8. The molecular formula is C19H9Cl2F3N4O6. The maximum Gasteiger partial charge on any atom is 0.417 e. The van der Waals surface area contributed by atoms with E-state index in [9.17, 15) is 38.2 Å². The minimum atomic E-state index is -4.71. The Morgan fingerprint density at radius 1 is 1.00 bits per heavy atom. The molecule has 3 aromatic rings. The number of ether oxygens (including phenoxy) is 1. The summed E-state index contributed by atoms with van der Waals surface area (Å²) in [5.41, 5.74) is -2.57. The van der Waals surface area contributed by atoms with E-state index in [1.54, 1.807) is 0 Å². The van der Waals surface area contributed by atoms with Gasteiger partial charge in [0.15, 0.2) is 0 Å². The summed E-state index contributed by atoms with van der Waals surface area (Å²) in [5.74, 6) is -1.83. The van der Waals surface area contributed by atoms with E-state index in [0.29, 0.717) is 12.3 Å². The van der Waals surface area contributed by atoms with Crippen LogP contribution in [0.3, 0.4) is 0 Å². The number of hydrogen-bond donors (Lipinski definition) is 1. The number of rotatable bonds is 6. The van der Waals surface area contributed by atoms with Gasteiger partial charge in [0, 0.05) is 30.1 Å². The zero-order chi connectivity index (χ0) is 25.2. The molecule has 0 saturated carbocycles. The van der Waals surface area contributed by atoms with Gasteiger partial charge in [0.25, 0.3) is 11.6 Å². The van der Waals surface area contributed by atoms with Crippen molar-refractivity contribution in [3.63, 3.8) is 0 Å². The number of non-ortho nitro benzene ring substituents is 1. The van der Waals surface area contributed by atoms with Crippen molar-refractivity contribution in [2.75, 3.05) is 5.32 Å². The zero-order valence-electron chi connectivity index (χ0n) is 16.3. The Balaban J connectivity index is 1.88. The first-order valence-electron chi connectivity index (χ1n) is 8.81. The van der Waals surface area contributed by atoms with Crippen LogP contribution in [0.25, 0.3) is 0 Å². The molecule has 0 aliphatic rings. The highest BCUT2D eigenvalue weighted by atomic mass is 35.5. The van der Waals surface area contributed by atoms with Crippen LogP contribution < -0.4 is 10.1 Å². The van der Waals surface area contributed by atoms with E-state index < -0.39 is 55.5 Å². The van der Waals surface area contributed by atoms with E-state index >= 15 is 0 Å². The number of anilines is 1. The normalized spacial score (nSPS) is 11.1. The van der Waals surface area contributed by atoms with Gasteiger partial charge in [0.05, 0.1) is 26.0 Å². The molecule has 0 saturated heterocycles. The second-order valence-corrected chi connectivity index (χ2v) is 7.24. The van der Waals surface area contributed by atoms with Gasteiger partial charge in [-0.15, -0.1) is 0 Å². The van der Waals surface area contributed by atoms with E-state index in [1.165, 1.54) is 6.07 Å². The third kappa shape index (κ3) is 5.50. The van der Waals surface area contributed by atoms with Crippen LogP contribution >= 0.6 is 23.2 Å². The molecule has 34 heavy (non-hydrogen) atoms. The fourth-order valence-electron chi connectivity index (χ4n) is 2.58. The summed E-state index contributed by atoms with van der Waals surface area (Å²) in [6.45, 7) is 0. The fraction of sp³-hybridized carbons (Fsp3) is 0.0526.